The van der Waals surface area contributed by atoms with Gasteiger partial charge in [0.05, 0.1) is 11.3 Å². The Labute approximate surface area is 165 Å². The second kappa shape index (κ2) is 7.17. The zero-order valence-electron chi connectivity index (χ0n) is 15.0. The fourth-order valence-electron chi connectivity index (χ4n) is 3.06. The number of nitrogens with zero attached hydrogens (tertiary/aromatic N) is 3. The van der Waals surface area contributed by atoms with Gasteiger partial charge in [-0.1, -0.05) is 39.3 Å². The number of aromatic amines is 1. The van der Waals surface area contributed by atoms with Gasteiger partial charge >= 0.3 is 0 Å². The molecule has 1 aliphatic heterocycles. The quantitative estimate of drug-likeness (QED) is 0.477. The lowest BCUT2D eigenvalue weighted by Crippen LogP contribution is -2.18. The van der Waals surface area contributed by atoms with Crippen molar-refractivity contribution >= 4 is 43.9 Å². The van der Waals surface area contributed by atoms with E-state index in [-0.39, 0.29) is 5.88 Å². The van der Waals surface area contributed by atoms with Crippen LogP contribution in [-0.4, -0.2) is 53.7 Å². The van der Waals surface area contributed by atoms with Crippen LogP contribution in [0, 0.1) is 0 Å². The first-order valence-electron chi connectivity index (χ1n) is 8.58. The van der Waals surface area contributed by atoms with Crippen molar-refractivity contribution in [1.82, 2.24) is 9.88 Å². The zero-order valence-corrected chi connectivity index (χ0v) is 16.6. The Kier molecular flexibility index (Phi) is 4.72. The van der Waals surface area contributed by atoms with Crippen LogP contribution in [-0.2, 0) is 4.84 Å². The first-order chi connectivity index (χ1) is 13.0. The van der Waals surface area contributed by atoms with E-state index >= 15 is 0 Å². The number of likely N-dealkylation sites (N-methyl/N-ethyl adjacent to an activating group) is 1. The summed E-state index contributed by atoms with van der Waals surface area (Å²) in [6, 6.07) is 13.6. The molecule has 7 heteroatoms. The Balaban J connectivity index is 1.80. The molecule has 0 bridgehead atoms. The highest BCUT2D eigenvalue weighted by atomic mass is 79.9. The number of nitrogens with one attached hydrogen (secondary N) is 1. The lowest BCUT2D eigenvalue weighted by molar-refractivity contribution is 0.126. The number of aromatic hydroxyl groups is 1. The molecule has 1 aliphatic rings. The van der Waals surface area contributed by atoms with Gasteiger partial charge in [-0.25, -0.2) is 4.99 Å². The summed E-state index contributed by atoms with van der Waals surface area (Å²) < 4.78 is 0.923. The van der Waals surface area contributed by atoms with Crippen LogP contribution >= 0.6 is 15.9 Å². The highest BCUT2D eigenvalue weighted by Crippen LogP contribution is 2.36. The third-order valence-corrected chi connectivity index (χ3v) is 4.87. The van der Waals surface area contributed by atoms with Crippen molar-refractivity contribution in [2.75, 3.05) is 27.2 Å². The first kappa shape index (κ1) is 17.8. The molecule has 0 unspecified atom stereocenters. The molecule has 2 heterocycles. The van der Waals surface area contributed by atoms with Gasteiger partial charge in [-0.2, -0.15) is 0 Å². The lowest BCUT2D eigenvalue weighted by atomic mass is 10.0. The molecule has 2 N–H and O–H groups in total. The molecule has 6 nitrogen and oxygen atoms in total. The molecule has 27 heavy (non-hydrogen) atoms. The van der Waals surface area contributed by atoms with Crippen molar-refractivity contribution in [3.05, 3.63) is 58.1 Å². The SMILES string of the molecule is CN(C)CCO/N=C1/C(c2c(O)[nH]c3ccc(Br)cc23)=Nc2ccccc21. The van der Waals surface area contributed by atoms with Crippen LogP contribution in [0.4, 0.5) is 5.69 Å². The fraction of sp³-hybridized carbons (Fsp3) is 0.200. The van der Waals surface area contributed by atoms with E-state index in [4.69, 9.17) is 9.83 Å². The lowest BCUT2D eigenvalue weighted by Gasteiger charge is -2.09. The minimum absolute atomic E-state index is 0.0654. The van der Waals surface area contributed by atoms with E-state index < -0.39 is 0 Å². The topological polar surface area (TPSA) is 73.2 Å². The van der Waals surface area contributed by atoms with Crippen molar-refractivity contribution in [3.8, 4) is 5.88 Å². The standard InChI is InChI=1S/C20H19BrN4O2/c1-25(2)9-10-27-24-18-13-5-3-4-6-15(13)22-19(18)17-14-11-12(21)7-8-16(14)23-20(17)26/h3-8,11,23,26H,9-10H2,1-2H3/b24-18+. The van der Waals surface area contributed by atoms with E-state index in [1.54, 1.807) is 0 Å². The van der Waals surface area contributed by atoms with Crippen molar-refractivity contribution in [2.45, 2.75) is 0 Å². The molecule has 2 aromatic carbocycles. The summed E-state index contributed by atoms with van der Waals surface area (Å²) in [7, 11) is 3.96. The number of benzene rings is 2. The van der Waals surface area contributed by atoms with Gasteiger partial charge in [0.1, 0.15) is 18.0 Å². The normalized spacial score (nSPS) is 14.8. The molecule has 138 valence electrons. The van der Waals surface area contributed by atoms with Crippen LogP contribution in [0.25, 0.3) is 10.9 Å². The largest absolute Gasteiger partial charge is 0.494 e. The van der Waals surface area contributed by atoms with E-state index in [0.29, 0.717) is 23.6 Å². The first-order valence-corrected chi connectivity index (χ1v) is 9.37. The maximum atomic E-state index is 10.6. The molecule has 1 aromatic heterocycles. The fourth-order valence-corrected chi connectivity index (χ4v) is 3.42. The van der Waals surface area contributed by atoms with Crippen LogP contribution in [0.1, 0.15) is 11.1 Å². The van der Waals surface area contributed by atoms with Gasteiger partial charge in [0, 0.05) is 27.5 Å². The number of hydrogen-bond acceptors (Lipinski definition) is 5. The number of hydrogen-bond donors (Lipinski definition) is 2. The predicted octanol–water partition coefficient (Wildman–Crippen LogP) is 4.05. The number of para-hydroxylation sites is 1. The van der Waals surface area contributed by atoms with E-state index in [2.05, 4.69) is 26.1 Å². The van der Waals surface area contributed by atoms with Crippen LogP contribution in [0.3, 0.4) is 0 Å². The Morgan fingerprint density at radius 1 is 1.22 bits per heavy atom. The molecule has 3 aromatic rings. The summed E-state index contributed by atoms with van der Waals surface area (Å²) >= 11 is 3.50. The average molecular weight is 427 g/mol. The maximum absolute atomic E-state index is 10.6. The summed E-state index contributed by atoms with van der Waals surface area (Å²) in [6.07, 6.45) is 0. The van der Waals surface area contributed by atoms with E-state index in [1.807, 2.05) is 61.5 Å². The molecular formula is C20H19BrN4O2. The maximum Gasteiger partial charge on any atom is 0.199 e. The Bertz CT molecular complexity index is 1070. The molecule has 4 rings (SSSR count). The number of aromatic nitrogens is 1. The molecule has 0 fully saturated rings. The predicted molar refractivity (Wildman–Crippen MR) is 111 cm³/mol. The van der Waals surface area contributed by atoms with Crippen molar-refractivity contribution in [1.29, 1.82) is 0 Å². The average Bonchev–Trinajstić information content (AvgIpc) is 3.14. The van der Waals surface area contributed by atoms with E-state index in [1.165, 1.54) is 0 Å². The molecule has 0 aliphatic carbocycles. The van der Waals surface area contributed by atoms with Crippen LogP contribution < -0.4 is 0 Å². The Morgan fingerprint density at radius 3 is 2.85 bits per heavy atom. The number of aliphatic imine (C=N–C) groups is 1. The van der Waals surface area contributed by atoms with Crippen molar-refractivity contribution < 1.29 is 9.94 Å². The van der Waals surface area contributed by atoms with Crippen LogP contribution in [0.15, 0.2) is 57.1 Å². The summed E-state index contributed by atoms with van der Waals surface area (Å²) in [5.74, 6) is 0.0654. The molecule has 0 amide bonds. The molecule has 0 spiro atoms. The van der Waals surface area contributed by atoms with Gasteiger partial charge in [-0.3, -0.25) is 0 Å². The third-order valence-electron chi connectivity index (χ3n) is 4.38. The second-order valence-electron chi connectivity index (χ2n) is 6.59. The minimum atomic E-state index is 0.0654. The zero-order chi connectivity index (χ0) is 19.0. The van der Waals surface area contributed by atoms with Crippen molar-refractivity contribution in [3.63, 3.8) is 0 Å². The smallest absolute Gasteiger partial charge is 0.199 e. The highest BCUT2D eigenvalue weighted by molar-refractivity contribution is 9.10. The molecular weight excluding hydrogens is 408 g/mol. The van der Waals surface area contributed by atoms with Crippen LogP contribution in [0.2, 0.25) is 0 Å². The summed E-state index contributed by atoms with van der Waals surface area (Å²) in [5.41, 5.74) is 4.38. The molecule has 0 saturated carbocycles. The summed E-state index contributed by atoms with van der Waals surface area (Å²) in [4.78, 5) is 15.3. The summed E-state index contributed by atoms with van der Waals surface area (Å²) in [6.45, 7) is 1.23. The van der Waals surface area contributed by atoms with Gasteiger partial charge < -0.3 is 19.8 Å². The minimum Gasteiger partial charge on any atom is -0.494 e. The van der Waals surface area contributed by atoms with Crippen LogP contribution in [0.5, 0.6) is 5.88 Å². The van der Waals surface area contributed by atoms with E-state index in [0.717, 1.165) is 33.2 Å². The molecule has 0 atom stereocenters. The van der Waals surface area contributed by atoms with Gasteiger partial charge in [0.15, 0.2) is 5.88 Å². The molecule has 0 saturated heterocycles. The number of H-pyrrole nitrogens is 1. The van der Waals surface area contributed by atoms with Crippen molar-refractivity contribution in [2.24, 2.45) is 10.1 Å². The second-order valence-corrected chi connectivity index (χ2v) is 7.51. The van der Waals surface area contributed by atoms with Gasteiger partial charge in [0.2, 0.25) is 0 Å². The number of oxime groups is 1. The number of halogens is 1. The summed E-state index contributed by atoms with van der Waals surface area (Å²) in [5, 5.41) is 15.8. The van der Waals surface area contributed by atoms with Gasteiger partial charge in [-0.15, -0.1) is 0 Å². The van der Waals surface area contributed by atoms with E-state index in [9.17, 15) is 5.11 Å². The number of fused-ring (bicyclic) bond motifs is 2. The van der Waals surface area contributed by atoms with Gasteiger partial charge in [0.25, 0.3) is 0 Å². The third kappa shape index (κ3) is 3.36. The number of rotatable bonds is 5. The monoisotopic (exact) mass is 426 g/mol. The highest BCUT2D eigenvalue weighted by Gasteiger charge is 2.29. The Hall–Kier alpha value is -2.64. The van der Waals surface area contributed by atoms with Gasteiger partial charge in [-0.05, 0) is 38.4 Å². The Morgan fingerprint density at radius 2 is 2.04 bits per heavy atom. The molecule has 0 radical (unpaired) electrons.